The molecule has 0 aromatic heterocycles. The van der Waals surface area contributed by atoms with E-state index in [1.54, 1.807) is 0 Å². The molecule has 2 aromatic carbocycles. The zero-order valence-corrected chi connectivity index (χ0v) is 19.1. The molecule has 2 fully saturated rings. The third kappa shape index (κ3) is 7.31. The second-order valence-electron chi connectivity index (χ2n) is 7.53. The van der Waals surface area contributed by atoms with Crippen LogP contribution in [0.2, 0.25) is 0 Å². The van der Waals surface area contributed by atoms with Gasteiger partial charge in [0.1, 0.15) is 18.8 Å². The van der Waals surface area contributed by atoms with Crippen molar-refractivity contribution in [2.75, 3.05) is 0 Å². The molecule has 160 valence electrons. The van der Waals surface area contributed by atoms with Gasteiger partial charge in [0.05, 0.1) is 0 Å². The standard InChI is InChI=1S/C13H11IO.C11H16O4/c14-12-6-8-13(9-7-12)15-10-11-4-2-1-3-5-11;12-9-8-10(13)15-11(14-9)6-4-2-1-3-5-7-11/h1-9H,10H2;1-8H2. The summed E-state index contributed by atoms with van der Waals surface area (Å²) < 4.78 is 17.3. The van der Waals surface area contributed by atoms with Crippen molar-refractivity contribution in [1.82, 2.24) is 0 Å². The molecule has 1 aliphatic heterocycles. The van der Waals surface area contributed by atoms with Crippen molar-refractivity contribution in [2.45, 2.75) is 63.8 Å². The third-order valence-corrected chi connectivity index (χ3v) is 5.78. The number of hydrogen-bond acceptors (Lipinski definition) is 5. The van der Waals surface area contributed by atoms with Gasteiger partial charge in [-0.15, -0.1) is 0 Å². The minimum absolute atomic E-state index is 0.234. The zero-order chi connectivity index (χ0) is 21.2. The molecule has 1 spiro atoms. The Hall–Kier alpha value is -2.09. The molecule has 5 nitrogen and oxygen atoms in total. The molecule has 2 aromatic rings. The zero-order valence-electron chi connectivity index (χ0n) is 17.0. The first kappa shape index (κ1) is 22.6. The Balaban J connectivity index is 0.000000171. The van der Waals surface area contributed by atoms with E-state index in [0.717, 1.165) is 31.4 Å². The minimum Gasteiger partial charge on any atom is -0.489 e. The smallest absolute Gasteiger partial charge is 0.320 e. The molecule has 1 aliphatic carbocycles. The topological polar surface area (TPSA) is 61.8 Å². The first-order chi connectivity index (χ1) is 14.5. The molecule has 0 unspecified atom stereocenters. The molecule has 0 bridgehead atoms. The van der Waals surface area contributed by atoms with E-state index >= 15 is 0 Å². The van der Waals surface area contributed by atoms with E-state index in [0.29, 0.717) is 19.4 Å². The Kier molecular flexibility index (Phi) is 8.54. The average Bonchev–Trinajstić information content (AvgIpc) is 2.71. The van der Waals surface area contributed by atoms with Gasteiger partial charge in [0.15, 0.2) is 0 Å². The van der Waals surface area contributed by atoms with Crippen LogP contribution in [0.25, 0.3) is 0 Å². The van der Waals surface area contributed by atoms with Crippen LogP contribution in [0.3, 0.4) is 0 Å². The second kappa shape index (κ2) is 11.3. The lowest BCUT2D eigenvalue weighted by Gasteiger charge is -2.36. The van der Waals surface area contributed by atoms with Gasteiger partial charge in [-0.1, -0.05) is 49.6 Å². The van der Waals surface area contributed by atoms with Gasteiger partial charge in [-0.05, 0) is 65.3 Å². The summed E-state index contributed by atoms with van der Waals surface area (Å²) in [6, 6.07) is 18.2. The molecule has 0 radical (unpaired) electrons. The molecule has 0 atom stereocenters. The molecular formula is C24H27IO5. The van der Waals surface area contributed by atoms with Crippen LogP contribution in [0.4, 0.5) is 0 Å². The Bertz CT molecular complexity index is 793. The van der Waals surface area contributed by atoms with Crippen LogP contribution in [0.5, 0.6) is 5.75 Å². The van der Waals surface area contributed by atoms with E-state index in [4.69, 9.17) is 14.2 Å². The van der Waals surface area contributed by atoms with Gasteiger partial charge in [-0.25, -0.2) is 0 Å². The number of halogens is 1. The fraction of sp³-hybridized carbons (Fsp3) is 0.417. The Labute approximate surface area is 191 Å². The number of carbonyl (C=O) groups is 2. The predicted octanol–water partition coefficient (Wildman–Crippen LogP) is 5.79. The summed E-state index contributed by atoms with van der Waals surface area (Å²) >= 11 is 2.28. The van der Waals surface area contributed by atoms with E-state index in [1.165, 1.54) is 15.6 Å². The Morgan fingerprint density at radius 2 is 1.37 bits per heavy atom. The summed E-state index contributed by atoms with van der Waals surface area (Å²) in [5.74, 6) is -0.884. The van der Waals surface area contributed by atoms with E-state index in [9.17, 15) is 9.59 Å². The largest absolute Gasteiger partial charge is 0.489 e. The van der Waals surface area contributed by atoms with Crippen LogP contribution >= 0.6 is 22.6 Å². The summed E-state index contributed by atoms with van der Waals surface area (Å²) in [7, 11) is 0. The molecular weight excluding hydrogens is 495 g/mol. The van der Waals surface area contributed by atoms with Crippen molar-refractivity contribution in [2.24, 2.45) is 0 Å². The van der Waals surface area contributed by atoms with Gasteiger partial charge in [0.25, 0.3) is 5.79 Å². The van der Waals surface area contributed by atoms with E-state index in [2.05, 4.69) is 34.7 Å². The van der Waals surface area contributed by atoms with Crippen molar-refractivity contribution in [3.05, 3.63) is 63.7 Å². The molecule has 30 heavy (non-hydrogen) atoms. The summed E-state index contributed by atoms with van der Waals surface area (Å²) in [5.41, 5.74) is 1.19. The highest BCUT2D eigenvalue weighted by Crippen LogP contribution is 2.34. The van der Waals surface area contributed by atoms with Gasteiger partial charge in [-0.2, -0.15) is 0 Å². The molecule has 0 N–H and O–H groups in total. The lowest BCUT2D eigenvalue weighted by atomic mass is 9.95. The van der Waals surface area contributed by atoms with Crippen molar-refractivity contribution < 1.29 is 23.8 Å². The van der Waals surface area contributed by atoms with Gasteiger partial charge in [0, 0.05) is 16.4 Å². The van der Waals surface area contributed by atoms with Gasteiger partial charge < -0.3 is 14.2 Å². The highest BCUT2D eigenvalue weighted by atomic mass is 127. The molecule has 1 saturated heterocycles. The van der Waals surface area contributed by atoms with Crippen LogP contribution < -0.4 is 4.74 Å². The van der Waals surface area contributed by atoms with E-state index in [-0.39, 0.29) is 6.42 Å². The van der Waals surface area contributed by atoms with Crippen LogP contribution in [0, 0.1) is 3.57 Å². The fourth-order valence-electron chi connectivity index (χ4n) is 3.55. The Morgan fingerprint density at radius 1 is 0.800 bits per heavy atom. The van der Waals surface area contributed by atoms with Gasteiger partial charge in [-0.3, -0.25) is 9.59 Å². The number of rotatable bonds is 3. The average molecular weight is 522 g/mol. The monoisotopic (exact) mass is 522 g/mol. The third-order valence-electron chi connectivity index (χ3n) is 5.07. The first-order valence-corrected chi connectivity index (χ1v) is 11.5. The SMILES string of the molecule is Ic1ccc(OCc2ccccc2)cc1.O=C1CC(=O)OC2(CCCCCCC2)O1. The van der Waals surface area contributed by atoms with Gasteiger partial charge in [0.2, 0.25) is 0 Å². The maximum absolute atomic E-state index is 11.2. The van der Waals surface area contributed by atoms with E-state index in [1.807, 2.05) is 42.5 Å². The van der Waals surface area contributed by atoms with Crippen LogP contribution in [0.15, 0.2) is 54.6 Å². The summed E-state index contributed by atoms with van der Waals surface area (Å²) in [6.07, 6.45) is 6.46. The van der Waals surface area contributed by atoms with Crippen LogP contribution in [-0.4, -0.2) is 17.7 Å². The lowest BCUT2D eigenvalue weighted by Crippen LogP contribution is -2.45. The number of benzene rings is 2. The molecule has 2 aliphatic rings. The molecule has 1 heterocycles. The summed E-state index contributed by atoms with van der Waals surface area (Å²) in [6.45, 7) is 0.626. The normalized spacial score (nSPS) is 18.2. The number of ether oxygens (including phenoxy) is 3. The molecule has 1 saturated carbocycles. The van der Waals surface area contributed by atoms with Crippen LogP contribution in [-0.2, 0) is 25.7 Å². The van der Waals surface area contributed by atoms with Crippen molar-refractivity contribution in [1.29, 1.82) is 0 Å². The van der Waals surface area contributed by atoms with Crippen molar-refractivity contribution in [3.8, 4) is 5.75 Å². The van der Waals surface area contributed by atoms with Crippen molar-refractivity contribution >= 4 is 34.5 Å². The maximum Gasteiger partial charge on any atom is 0.320 e. The predicted molar refractivity (Wildman–Crippen MR) is 122 cm³/mol. The lowest BCUT2D eigenvalue weighted by molar-refractivity contribution is -0.249. The number of carbonyl (C=O) groups excluding carboxylic acids is 2. The molecule has 6 heteroatoms. The number of hydrogen-bond donors (Lipinski definition) is 0. The highest BCUT2D eigenvalue weighted by molar-refractivity contribution is 14.1. The maximum atomic E-state index is 11.2. The number of esters is 2. The Morgan fingerprint density at radius 3 is 1.97 bits per heavy atom. The van der Waals surface area contributed by atoms with Gasteiger partial charge >= 0.3 is 11.9 Å². The second-order valence-corrected chi connectivity index (χ2v) is 8.78. The molecule has 0 amide bonds. The fourth-order valence-corrected chi connectivity index (χ4v) is 3.91. The highest BCUT2D eigenvalue weighted by Gasteiger charge is 2.42. The molecule has 4 rings (SSSR count). The summed E-state index contributed by atoms with van der Waals surface area (Å²) in [5, 5.41) is 0. The first-order valence-electron chi connectivity index (χ1n) is 10.4. The van der Waals surface area contributed by atoms with E-state index < -0.39 is 17.7 Å². The summed E-state index contributed by atoms with van der Waals surface area (Å²) in [4.78, 5) is 22.4. The van der Waals surface area contributed by atoms with Crippen LogP contribution in [0.1, 0.15) is 56.9 Å². The minimum atomic E-state index is -0.924. The quantitative estimate of drug-likeness (QED) is 0.290. The van der Waals surface area contributed by atoms with Crippen molar-refractivity contribution in [3.63, 3.8) is 0 Å².